The number of hydrogen-bond donors (Lipinski definition) is 1. The molecule has 0 spiro atoms. The van der Waals surface area contributed by atoms with Crippen molar-refractivity contribution in [2.24, 2.45) is 5.92 Å². The third-order valence-electron chi connectivity index (χ3n) is 3.79. The first-order chi connectivity index (χ1) is 11.2. The minimum absolute atomic E-state index is 0.460. The predicted molar refractivity (Wildman–Crippen MR) is 91.1 cm³/mol. The van der Waals surface area contributed by atoms with E-state index in [4.69, 9.17) is 9.15 Å². The van der Waals surface area contributed by atoms with E-state index in [1.807, 2.05) is 48.5 Å². The van der Waals surface area contributed by atoms with Crippen LogP contribution in [0.2, 0.25) is 0 Å². The van der Waals surface area contributed by atoms with Crippen molar-refractivity contribution < 1.29 is 9.15 Å². The van der Waals surface area contributed by atoms with Gasteiger partial charge in [0, 0.05) is 0 Å². The Balaban J connectivity index is 1.80. The number of anilines is 1. The van der Waals surface area contributed by atoms with Crippen LogP contribution in [0.15, 0.2) is 58.8 Å². The lowest BCUT2D eigenvalue weighted by Crippen LogP contribution is -2.05. The standard InChI is InChI=1S/C19H18N2O2/c1-12(2)11-13(18-20-14-7-3-5-9-16(14)22-18)19-21-15-8-4-6-10-17(15)23-19/h3-10,12,20H,11H2,1-2H3. The Kier molecular flexibility index (Phi) is 3.30. The molecule has 0 radical (unpaired) electrons. The predicted octanol–water partition coefficient (Wildman–Crippen LogP) is 5.05. The molecule has 0 saturated carbocycles. The summed E-state index contributed by atoms with van der Waals surface area (Å²) in [5.74, 6) is 2.63. The molecule has 23 heavy (non-hydrogen) atoms. The van der Waals surface area contributed by atoms with Crippen LogP contribution < -0.4 is 10.1 Å². The van der Waals surface area contributed by atoms with Crippen molar-refractivity contribution in [1.29, 1.82) is 0 Å². The molecule has 0 saturated heterocycles. The SMILES string of the molecule is CC(C)CC(=C1Nc2ccccc2O1)c1nc2ccccc2o1. The lowest BCUT2D eigenvalue weighted by Gasteiger charge is -2.10. The molecule has 0 amide bonds. The number of fused-ring (bicyclic) bond motifs is 2. The number of nitrogens with zero attached hydrogens (tertiary/aromatic N) is 1. The van der Waals surface area contributed by atoms with Gasteiger partial charge >= 0.3 is 0 Å². The van der Waals surface area contributed by atoms with Gasteiger partial charge in [0.15, 0.2) is 11.3 Å². The number of oxazole rings is 1. The van der Waals surface area contributed by atoms with E-state index >= 15 is 0 Å². The third-order valence-corrected chi connectivity index (χ3v) is 3.79. The van der Waals surface area contributed by atoms with Crippen LogP contribution in [0.4, 0.5) is 5.69 Å². The van der Waals surface area contributed by atoms with E-state index in [1.165, 1.54) is 0 Å². The van der Waals surface area contributed by atoms with Gasteiger partial charge in [0.1, 0.15) is 5.52 Å². The molecule has 1 aromatic heterocycles. The molecule has 0 atom stereocenters. The Labute approximate surface area is 134 Å². The van der Waals surface area contributed by atoms with Crippen LogP contribution >= 0.6 is 0 Å². The Morgan fingerprint density at radius 1 is 1.09 bits per heavy atom. The van der Waals surface area contributed by atoms with Gasteiger partial charge in [0.05, 0.1) is 11.3 Å². The fourth-order valence-electron chi connectivity index (χ4n) is 2.74. The van der Waals surface area contributed by atoms with E-state index in [1.54, 1.807) is 0 Å². The zero-order chi connectivity index (χ0) is 15.8. The van der Waals surface area contributed by atoms with Crippen LogP contribution in [-0.4, -0.2) is 4.98 Å². The normalized spacial score (nSPS) is 15.4. The van der Waals surface area contributed by atoms with Crippen molar-refractivity contribution in [2.45, 2.75) is 20.3 Å². The number of nitrogens with one attached hydrogen (secondary N) is 1. The van der Waals surface area contributed by atoms with Crippen LogP contribution in [0.1, 0.15) is 26.2 Å². The first kappa shape index (κ1) is 13.9. The smallest absolute Gasteiger partial charge is 0.228 e. The van der Waals surface area contributed by atoms with E-state index in [0.29, 0.717) is 17.7 Å². The summed E-state index contributed by atoms with van der Waals surface area (Å²) in [6.07, 6.45) is 0.823. The minimum atomic E-state index is 0.460. The topological polar surface area (TPSA) is 47.3 Å². The van der Waals surface area contributed by atoms with Gasteiger partial charge < -0.3 is 14.5 Å². The summed E-state index contributed by atoms with van der Waals surface area (Å²) in [4.78, 5) is 4.63. The van der Waals surface area contributed by atoms with Gasteiger partial charge in [-0.2, -0.15) is 0 Å². The first-order valence-electron chi connectivity index (χ1n) is 7.83. The molecule has 0 fully saturated rings. The van der Waals surface area contributed by atoms with Crippen LogP contribution in [0.25, 0.3) is 16.7 Å². The first-order valence-corrected chi connectivity index (χ1v) is 7.83. The van der Waals surface area contributed by atoms with Crippen molar-refractivity contribution in [2.75, 3.05) is 5.32 Å². The van der Waals surface area contributed by atoms with Gasteiger partial charge in [0.2, 0.25) is 11.8 Å². The van der Waals surface area contributed by atoms with Gasteiger partial charge in [-0.1, -0.05) is 38.1 Å². The molecule has 4 nitrogen and oxygen atoms in total. The molecule has 2 aromatic carbocycles. The largest absolute Gasteiger partial charge is 0.438 e. The molecule has 0 aliphatic carbocycles. The molecule has 1 aliphatic heterocycles. The van der Waals surface area contributed by atoms with Crippen molar-refractivity contribution in [3.8, 4) is 5.75 Å². The number of hydrogen-bond acceptors (Lipinski definition) is 4. The summed E-state index contributed by atoms with van der Waals surface area (Å²) in [7, 11) is 0. The van der Waals surface area contributed by atoms with Crippen molar-refractivity contribution in [3.05, 3.63) is 60.3 Å². The van der Waals surface area contributed by atoms with Crippen LogP contribution in [-0.2, 0) is 0 Å². The maximum absolute atomic E-state index is 5.99. The molecular formula is C19H18N2O2. The Morgan fingerprint density at radius 3 is 2.65 bits per heavy atom. The second kappa shape index (κ2) is 5.47. The van der Waals surface area contributed by atoms with E-state index in [2.05, 4.69) is 24.1 Å². The number of rotatable bonds is 3. The average molecular weight is 306 g/mol. The number of benzene rings is 2. The van der Waals surface area contributed by atoms with Crippen LogP contribution in [0.3, 0.4) is 0 Å². The zero-order valence-corrected chi connectivity index (χ0v) is 13.2. The molecule has 2 heterocycles. The van der Waals surface area contributed by atoms with Crippen LogP contribution in [0.5, 0.6) is 5.75 Å². The molecule has 4 heteroatoms. The molecule has 1 aliphatic rings. The second-order valence-electron chi connectivity index (χ2n) is 6.12. The highest BCUT2D eigenvalue weighted by molar-refractivity contribution is 5.78. The molecule has 116 valence electrons. The zero-order valence-electron chi connectivity index (χ0n) is 13.2. The monoisotopic (exact) mass is 306 g/mol. The highest BCUT2D eigenvalue weighted by Gasteiger charge is 2.24. The maximum atomic E-state index is 5.99. The third kappa shape index (κ3) is 2.57. The van der Waals surface area contributed by atoms with Crippen molar-refractivity contribution in [1.82, 2.24) is 4.98 Å². The van der Waals surface area contributed by atoms with E-state index in [0.717, 1.165) is 34.5 Å². The molecule has 0 bridgehead atoms. The molecule has 0 unspecified atom stereocenters. The van der Waals surface area contributed by atoms with Gasteiger partial charge in [-0.15, -0.1) is 0 Å². The van der Waals surface area contributed by atoms with Gasteiger partial charge in [-0.05, 0) is 36.6 Å². The van der Waals surface area contributed by atoms with Crippen molar-refractivity contribution >= 4 is 22.4 Å². The Hall–Kier alpha value is -2.75. The number of aromatic nitrogens is 1. The fraction of sp³-hybridized carbons (Fsp3) is 0.211. The number of allylic oxidation sites excluding steroid dienone is 1. The lowest BCUT2D eigenvalue weighted by atomic mass is 10.0. The number of para-hydroxylation sites is 4. The van der Waals surface area contributed by atoms with E-state index in [9.17, 15) is 0 Å². The summed E-state index contributed by atoms with van der Waals surface area (Å²) < 4.78 is 11.9. The van der Waals surface area contributed by atoms with Gasteiger partial charge in [0.25, 0.3) is 0 Å². The number of ether oxygens (including phenoxy) is 1. The summed E-state index contributed by atoms with van der Waals surface area (Å²) in [5, 5.41) is 3.34. The van der Waals surface area contributed by atoms with Crippen molar-refractivity contribution in [3.63, 3.8) is 0 Å². The Morgan fingerprint density at radius 2 is 1.87 bits per heavy atom. The molecule has 4 rings (SSSR count). The van der Waals surface area contributed by atoms with Gasteiger partial charge in [-0.25, -0.2) is 4.98 Å². The minimum Gasteiger partial charge on any atom is -0.438 e. The Bertz CT molecular complexity index is 833. The summed E-state index contributed by atoms with van der Waals surface area (Å²) in [5.41, 5.74) is 3.59. The summed E-state index contributed by atoms with van der Waals surface area (Å²) >= 11 is 0. The second-order valence-corrected chi connectivity index (χ2v) is 6.12. The molecule has 3 aromatic rings. The maximum Gasteiger partial charge on any atom is 0.228 e. The fourth-order valence-corrected chi connectivity index (χ4v) is 2.74. The highest BCUT2D eigenvalue weighted by Crippen LogP contribution is 2.38. The highest BCUT2D eigenvalue weighted by atomic mass is 16.5. The average Bonchev–Trinajstić information content (AvgIpc) is 3.15. The van der Waals surface area contributed by atoms with E-state index < -0.39 is 0 Å². The van der Waals surface area contributed by atoms with E-state index in [-0.39, 0.29) is 0 Å². The van der Waals surface area contributed by atoms with Crippen LogP contribution in [0, 0.1) is 5.92 Å². The molecular weight excluding hydrogens is 288 g/mol. The lowest BCUT2D eigenvalue weighted by molar-refractivity contribution is 0.450. The quantitative estimate of drug-likeness (QED) is 0.736. The van der Waals surface area contributed by atoms with Gasteiger partial charge in [-0.3, -0.25) is 0 Å². The summed E-state index contributed by atoms with van der Waals surface area (Å²) in [6.45, 7) is 4.34. The molecule has 1 N–H and O–H groups in total. The summed E-state index contributed by atoms with van der Waals surface area (Å²) in [6, 6.07) is 15.7.